The van der Waals surface area contributed by atoms with Gasteiger partial charge in [-0.3, -0.25) is 4.98 Å². The summed E-state index contributed by atoms with van der Waals surface area (Å²) >= 11 is 1.72. The molecule has 3 aromatic rings. The van der Waals surface area contributed by atoms with Crippen molar-refractivity contribution in [2.75, 3.05) is 7.11 Å². The summed E-state index contributed by atoms with van der Waals surface area (Å²) in [6, 6.07) is 17.8. The zero-order chi connectivity index (χ0) is 15.4. The number of aromatic nitrogens is 1. The van der Waals surface area contributed by atoms with Gasteiger partial charge in [-0.05, 0) is 23.8 Å². The molecule has 1 aromatic heterocycles. The van der Waals surface area contributed by atoms with E-state index in [4.69, 9.17) is 4.74 Å². The number of carbonyl (C=O) groups is 1. The van der Waals surface area contributed by atoms with Crippen LogP contribution in [-0.2, 0) is 10.5 Å². The lowest BCUT2D eigenvalue weighted by Gasteiger charge is -2.09. The minimum Gasteiger partial charge on any atom is -0.465 e. The Hall–Kier alpha value is -2.33. The Bertz CT molecular complexity index is 803. The molecule has 0 unspecified atom stereocenters. The standard InChI is InChI=1S/C18H15NO2S/c1-21-18(20)15-9-10-16(17-14(15)8-5-11-19-17)22-12-13-6-3-2-4-7-13/h2-11H,12H2,1H3. The van der Waals surface area contributed by atoms with E-state index in [1.165, 1.54) is 12.7 Å². The smallest absolute Gasteiger partial charge is 0.338 e. The number of esters is 1. The van der Waals surface area contributed by atoms with Crippen LogP contribution in [0, 0.1) is 0 Å². The molecule has 0 spiro atoms. The summed E-state index contributed by atoms with van der Waals surface area (Å²) in [5.41, 5.74) is 2.65. The van der Waals surface area contributed by atoms with Gasteiger partial charge in [0.25, 0.3) is 0 Å². The number of hydrogen-bond acceptors (Lipinski definition) is 4. The number of benzene rings is 2. The number of nitrogens with zero attached hydrogens (tertiary/aromatic N) is 1. The molecule has 0 aliphatic rings. The first-order valence-corrected chi connectivity index (χ1v) is 7.91. The maximum atomic E-state index is 11.9. The van der Waals surface area contributed by atoms with Gasteiger partial charge in [-0.15, -0.1) is 11.8 Å². The Balaban J connectivity index is 1.96. The summed E-state index contributed by atoms with van der Waals surface area (Å²) in [5.74, 6) is 0.530. The molecule has 0 radical (unpaired) electrons. The van der Waals surface area contributed by atoms with Gasteiger partial charge in [-0.25, -0.2) is 4.79 Å². The largest absolute Gasteiger partial charge is 0.465 e. The SMILES string of the molecule is COC(=O)c1ccc(SCc2ccccc2)c2ncccc12. The maximum absolute atomic E-state index is 11.9. The molecule has 0 bridgehead atoms. The molecule has 0 saturated carbocycles. The Morgan fingerprint density at radius 3 is 2.68 bits per heavy atom. The highest BCUT2D eigenvalue weighted by Gasteiger charge is 2.13. The number of thioether (sulfide) groups is 1. The molecule has 1 heterocycles. The third kappa shape index (κ3) is 2.97. The average Bonchev–Trinajstić information content (AvgIpc) is 2.60. The minimum atomic E-state index is -0.336. The van der Waals surface area contributed by atoms with E-state index < -0.39 is 0 Å². The van der Waals surface area contributed by atoms with Crippen LogP contribution in [0.3, 0.4) is 0 Å². The van der Waals surface area contributed by atoms with E-state index in [1.807, 2.05) is 42.5 Å². The Morgan fingerprint density at radius 2 is 1.91 bits per heavy atom. The first-order valence-electron chi connectivity index (χ1n) is 6.92. The average molecular weight is 309 g/mol. The van der Waals surface area contributed by atoms with Crippen LogP contribution in [0.25, 0.3) is 10.9 Å². The molecule has 110 valence electrons. The molecule has 0 aliphatic heterocycles. The van der Waals surface area contributed by atoms with Gasteiger partial charge in [0, 0.05) is 22.2 Å². The number of fused-ring (bicyclic) bond motifs is 1. The molecule has 2 aromatic carbocycles. The Morgan fingerprint density at radius 1 is 1.09 bits per heavy atom. The molecule has 0 saturated heterocycles. The number of carbonyl (C=O) groups excluding carboxylic acids is 1. The first-order chi connectivity index (χ1) is 10.8. The number of hydrogen-bond donors (Lipinski definition) is 0. The van der Waals surface area contributed by atoms with Crippen molar-refractivity contribution in [3.63, 3.8) is 0 Å². The van der Waals surface area contributed by atoms with Crippen molar-refractivity contribution in [3.05, 3.63) is 71.9 Å². The third-order valence-corrected chi connectivity index (χ3v) is 4.49. The zero-order valence-electron chi connectivity index (χ0n) is 12.2. The molecule has 0 fully saturated rings. The van der Waals surface area contributed by atoms with Crippen LogP contribution < -0.4 is 0 Å². The van der Waals surface area contributed by atoms with Crippen molar-refractivity contribution in [2.45, 2.75) is 10.6 Å². The topological polar surface area (TPSA) is 39.2 Å². The van der Waals surface area contributed by atoms with Crippen LogP contribution in [0.15, 0.2) is 65.7 Å². The summed E-state index contributed by atoms with van der Waals surface area (Å²) < 4.78 is 4.84. The highest BCUT2D eigenvalue weighted by Crippen LogP contribution is 2.31. The lowest BCUT2D eigenvalue weighted by Crippen LogP contribution is -2.02. The second kappa shape index (κ2) is 6.62. The zero-order valence-corrected chi connectivity index (χ0v) is 13.0. The fourth-order valence-corrected chi connectivity index (χ4v) is 3.26. The second-order valence-electron chi connectivity index (χ2n) is 4.78. The lowest BCUT2D eigenvalue weighted by atomic mass is 10.1. The number of ether oxygens (including phenoxy) is 1. The van der Waals surface area contributed by atoms with Crippen LogP contribution in [0.5, 0.6) is 0 Å². The van der Waals surface area contributed by atoms with Crippen molar-refractivity contribution in [1.29, 1.82) is 0 Å². The van der Waals surface area contributed by atoms with Crippen LogP contribution in [0.4, 0.5) is 0 Å². The lowest BCUT2D eigenvalue weighted by molar-refractivity contribution is 0.0603. The monoisotopic (exact) mass is 309 g/mol. The Labute approximate surface area is 133 Å². The Kier molecular flexibility index (Phi) is 4.39. The van der Waals surface area contributed by atoms with Crippen molar-refractivity contribution < 1.29 is 9.53 Å². The summed E-state index contributed by atoms with van der Waals surface area (Å²) in [4.78, 5) is 17.4. The van der Waals surface area contributed by atoms with E-state index >= 15 is 0 Å². The summed E-state index contributed by atoms with van der Waals surface area (Å²) in [7, 11) is 1.39. The molecule has 3 rings (SSSR count). The first kappa shape index (κ1) is 14.6. The highest BCUT2D eigenvalue weighted by molar-refractivity contribution is 7.98. The van der Waals surface area contributed by atoms with Gasteiger partial charge in [-0.2, -0.15) is 0 Å². The van der Waals surface area contributed by atoms with Gasteiger partial charge in [-0.1, -0.05) is 36.4 Å². The van der Waals surface area contributed by atoms with Crippen molar-refractivity contribution in [2.24, 2.45) is 0 Å². The molecule has 4 heteroatoms. The number of methoxy groups -OCH3 is 1. The molecule has 3 nitrogen and oxygen atoms in total. The molecule has 0 atom stereocenters. The molecular formula is C18H15NO2S. The minimum absolute atomic E-state index is 0.336. The van der Waals surface area contributed by atoms with E-state index in [9.17, 15) is 4.79 Å². The van der Waals surface area contributed by atoms with Crippen LogP contribution in [0.1, 0.15) is 15.9 Å². The normalized spacial score (nSPS) is 10.6. The van der Waals surface area contributed by atoms with Gasteiger partial charge in [0.1, 0.15) is 0 Å². The van der Waals surface area contributed by atoms with Crippen molar-refractivity contribution in [3.8, 4) is 0 Å². The van der Waals surface area contributed by atoms with Gasteiger partial charge < -0.3 is 4.74 Å². The summed E-state index contributed by atoms with van der Waals surface area (Å²) in [6.45, 7) is 0. The number of rotatable bonds is 4. The van der Waals surface area contributed by atoms with Crippen molar-refractivity contribution >= 4 is 28.6 Å². The van der Waals surface area contributed by atoms with Crippen molar-refractivity contribution in [1.82, 2.24) is 4.98 Å². The molecular weight excluding hydrogens is 294 g/mol. The van der Waals surface area contributed by atoms with Gasteiger partial charge in [0.2, 0.25) is 0 Å². The number of pyridine rings is 1. The quantitative estimate of drug-likeness (QED) is 0.531. The van der Waals surface area contributed by atoms with Crippen LogP contribution >= 0.6 is 11.8 Å². The molecule has 0 amide bonds. The van der Waals surface area contributed by atoms with E-state index in [0.717, 1.165) is 21.6 Å². The fraction of sp³-hybridized carbons (Fsp3) is 0.111. The van der Waals surface area contributed by atoms with Gasteiger partial charge in [0.15, 0.2) is 0 Å². The van der Waals surface area contributed by atoms with Crippen LogP contribution in [0.2, 0.25) is 0 Å². The maximum Gasteiger partial charge on any atom is 0.338 e. The fourth-order valence-electron chi connectivity index (χ4n) is 2.29. The summed E-state index contributed by atoms with van der Waals surface area (Å²) in [5, 5.41) is 0.826. The predicted molar refractivity (Wildman–Crippen MR) is 89.1 cm³/mol. The third-order valence-electron chi connectivity index (χ3n) is 3.38. The molecule has 22 heavy (non-hydrogen) atoms. The van der Waals surface area contributed by atoms with E-state index in [1.54, 1.807) is 18.0 Å². The highest BCUT2D eigenvalue weighted by atomic mass is 32.2. The molecule has 0 N–H and O–H groups in total. The van der Waals surface area contributed by atoms with Crippen LogP contribution in [-0.4, -0.2) is 18.1 Å². The van der Waals surface area contributed by atoms with Gasteiger partial charge in [0.05, 0.1) is 18.2 Å². The summed E-state index contributed by atoms with van der Waals surface area (Å²) in [6.07, 6.45) is 1.75. The van der Waals surface area contributed by atoms with E-state index in [0.29, 0.717) is 5.56 Å². The molecule has 0 aliphatic carbocycles. The van der Waals surface area contributed by atoms with Gasteiger partial charge >= 0.3 is 5.97 Å². The van der Waals surface area contributed by atoms with E-state index in [2.05, 4.69) is 17.1 Å². The second-order valence-corrected chi connectivity index (χ2v) is 5.79. The van der Waals surface area contributed by atoms with E-state index in [-0.39, 0.29) is 5.97 Å². The predicted octanol–water partition coefficient (Wildman–Crippen LogP) is 4.31.